The van der Waals surface area contributed by atoms with Gasteiger partial charge in [0.05, 0.1) is 5.92 Å². The van der Waals surface area contributed by atoms with Crippen molar-refractivity contribution in [1.82, 2.24) is 10.2 Å². The standard InChI is InChI=1S/C19H32N2O2/c1-14-8-6-7-11-17(14)20-19(23)15-12-18(22)21(13-15)16-9-4-2-3-5-10-16/h14-17H,2-13H2,1H3,(H,20,23). The number of carbonyl (C=O) groups excluding carboxylic acids is 2. The van der Waals surface area contributed by atoms with Gasteiger partial charge in [0.2, 0.25) is 11.8 Å². The lowest BCUT2D eigenvalue weighted by atomic mass is 9.85. The van der Waals surface area contributed by atoms with Gasteiger partial charge in [0, 0.05) is 25.0 Å². The van der Waals surface area contributed by atoms with Crippen LogP contribution in [0.2, 0.25) is 0 Å². The molecule has 2 aliphatic carbocycles. The highest BCUT2D eigenvalue weighted by molar-refractivity contribution is 5.89. The minimum absolute atomic E-state index is 0.119. The highest BCUT2D eigenvalue weighted by atomic mass is 16.2. The van der Waals surface area contributed by atoms with Gasteiger partial charge in [-0.1, -0.05) is 45.4 Å². The summed E-state index contributed by atoms with van der Waals surface area (Å²) in [5, 5.41) is 3.25. The van der Waals surface area contributed by atoms with Crippen molar-refractivity contribution >= 4 is 11.8 Å². The molecule has 3 rings (SSSR count). The van der Waals surface area contributed by atoms with E-state index in [0.717, 1.165) is 19.3 Å². The Hall–Kier alpha value is -1.06. The minimum Gasteiger partial charge on any atom is -0.353 e. The Bertz CT molecular complexity index is 429. The lowest BCUT2D eigenvalue weighted by Crippen LogP contribution is -2.44. The summed E-state index contributed by atoms with van der Waals surface area (Å²) in [6, 6.07) is 0.703. The summed E-state index contributed by atoms with van der Waals surface area (Å²) >= 11 is 0. The quantitative estimate of drug-likeness (QED) is 0.812. The van der Waals surface area contributed by atoms with Crippen LogP contribution in [0, 0.1) is 11.8 Å². The fourth-order valence-corrected chi connectivity index (χ4v) is 4.66. The zero-order valence-electron chi connectivity index (χ0n) is 14.6. The molecule has 0 radical (unpaired) electrons. The lowest BCUT2D eigenvalue weighted by molar-refractivity contribution is -0.130. The van der Waals surface area contributed by atoms with Crippen molar-refractivity contribution in [3.05, 3.63) is 0 Å². The molecule has 3 unspecified atom stereocenters. The van der Waals surface area contributed by atoms with Crippen LogP contribution in [0.25, 0.3) is 0 Å². The normalized spacial score (nSPS) is 33.5. The van der Waals surface area contributed by atoms with E-state index in [1.807, 2.05) is 4.90 Å². The van der Waals surface area contributed by atoms with Gasteiger partial charge < -0.3 is 10.2 Å². The van der Waals surface area contributed by atoms with Crippen LogP contribution in [0.3, 0.4) is 0 Å². The van der Waals surface area contributed by atoms with Crippen LogP contribution in [0.15, 0.2) is 0 Å². The topological polar surface area (TPSA) is 49.4 Å². The third-order valence-electron chi connectivity index (χ3n) is 6.23. The molecule has 130 valence electrons. The van der Waals surface area contributed by atoms with Crippen LogP contribution < -0.4 is 5.32 Å². The van der Waals surface area contributed by atoms with Crippen LogP contribution in [-0.2, 0) is 9.59 Å². The van der Waals surface area contributed by atoms with E-state index in [1.165, 1.54) is 44.9 Å². The van der Waals surface area contributed by atoms with Crippen molar-refractivity contribution in [1.29, 1.82) is 0 Å². The number of rotatable bonds is 3. The molecular formula is C19H32N2O2. The van der Waals surface area contributed by atoms with Crippen LogP contribution in [0.1, 0.15) is 77.6 Å². The van der Waals surface area contributed by atoms with Crippen molar-refractivity contribution in [3.63, 3.8) is 0 Å². The molecule has 0 aromatic rings. The molecule has 3 fully saturated rings. The van der Waals surface area contributed by atoms with E-state index in [2.05, 4.69) is 12.2 Å². The monoisotopic (exact) mass is 320 g/mol. The maximum absolute atomic E-state index is 12.6. The molecule has 3 atom stereocenters. The maximum atomic E-state index is 12.6. The van der Waals surface area contributed by atoms with E-state index in [0.29, 0.717) is 31.0 Å². The zero-order valence-corrected chi connectivity index (χ0v) is 14.6. The number of carbonyl (C=O) groups is 2. The summed E-state index contributed by atoms with van der Waals surface area (Å²) in [6.07, 6.45) is 12.5. The molecule has 23 heavy (non-hydrogen) atoms. The average Bonchev–Trinajstić information content (AvgIpc) is 2.75. The van der Waals surface area contributed by atoms with Crippen molar-refractivity contribution in [2.24, 2.45) is 11.8 Å². The summed E-state index contributed by atoms with van der Waals surface area (Å²) in [5.41, 5.74) is 0. The van der Waals surface area contributed by atoms with E-state index in [9.17, 15) is 9.59 Å². The summed E-state index contributed by atoms with van der Waals surface area (Å²) in [5.74, 6) is 0.768. The second-order valence-corrected chi connectivity index (χ2v) is 7.97. The number of likely N-dealkylation sites (tertiary alicyclic amines) is 1. The molecule has 0 spiro atoms. The molecule has 2 amide bonds. The van der Waals surface area contributed by atoms with E-state index in [4.69, 9.17) is 0 Å². The summed E-state index contributed by atoms with van der Waals surface area (Å²) in [7, 11) is 0. The molecule has 0 bridgehead atoms. The highest BCUT2D eigenvalue weighted by Crippen LogP contribution is 2.29. The highest BCUT2D eigenvalue weighted by Gasteiger charge is 2.38. The average molecular weight is 320 g/mol. The molecule has 1 saturated heterocycles. The van der Waals surface area contributed by atoms with E-state index in [1.54, 1.807) is 0 Å². The molecule has 2 saturated carbocycles. The van der Waals surface area contributed by atoms with Gasteiger partial charge in [-0.3, -0.25) is 9.59 Å². The van der Waals surface area contributed by atoms with Gasteiger partial charge in [0.1, 0.15) is 0 Å². The second kappa shape index (κ2) is 7.67. The Labute approximate surface area is 140 Å². The predicted molar refractivity (Wildman–Crippen MR) is 90.9 cm³/mol. The number of hydrogen-bond donors (Lipinski definition) is 1. The molecule has 0 aromatic heterocycles. The molecule has 4 heteroatoms. The van der Waals surface area contributed by atoms with Gasteiger partial charge in [-0.2, -0.15) is 0 Å². The lowest BCUT2D eigenvalue weighted by Gasteiger charge is -2.30. The Kier molecular flexibility index (Phi) is 5.60. The molecule has 0 aromatic carbocycles. The van der Waals surface area contributed by atoms with Crippen molar-refractivity contribution in [2.45, 2.75) is 89.6 Å². The third-order valence-corrected chi connectivity index (χ3v) is 6.23. The first-order chi connectivity index (χ1) is 11.1. The van der Waals surface area contributed by atoms with E-state index >= 15 is 0 Å². The Morgan fingerprint density at radius 3 is 2.35 bits per heavy atom. The van der Waals surface area contributed by atoms with Crippen LogP contribution in [0.5, 0.6) is 0 Å². The molecule has 3 aliphatic rings. The number of nitrogens with zero attached hydrogens (tertiary/aromatic N) is 1. The predicted octanol–water partition coefficient (Wildman–Crippen LogP) is 3.25. The molecule has 1 aliphatic heterocycles. The second-order valence-electron chi connectivity index (χ2n) is 7.97. The smallest absolute Gasteiger partial charge is 0.225 e. The molecule has 4 nitrogen and oxygen atoms in total. The summed E-state index contributed by atoms with van der Waals surface area (Å²) in [6.45, 7) is 2.89. The van der Waals surface area contributed by atoms with Crippen LogP contribution >= 0.6 is 0 Å². The minimum atomic E-state index is -0.125. The first-order valence-electron chi connectivity index (χ1n) is 9.75. The Balaban J connectivity index is 1.54. The fraction of sp³-hybridized carbons (Fsp3) is 0.895. The largest absolute Gasteiger partial charge is 0.353 e. The van der Waals surface area contributed by atoms with E-state index < -0.39 is 0 Å². The Morgan fingerprint density at radius 1 is 1.00 bits per heavy atom. The van der Waals surface area contributed by atoms with Crippen LogP contribution in [-0.4, -0.2) is 35.3 Å². The Morgan fingerprint density at radius 2 is 1.65 bits per heavy atom. The number of hydrogen-bond acceptors (Lipinski definition) is 2. The molecule has 1 N–H and O–H groups in total. The van der Waals surface area contributed by atoms with Gasteiger partial charge in [0.25, 0.3) is 0 Å². The zero-order chi connectivity index (χ0) is 16.2. The number of nitrogens with one attached hydrogen (secondary N) is 1. The van der Waals surface area contributed by atoms with Crippen molar-refractivity contribution in [3.8, 4) is 0 Å². The van der Waals surface area contributed by atoms with Crippen molar-refractivity contribution < 1.29 is 9.59 Å². The maximum Gasteiger partial charge on any atom is 0.225 e. The summed E-state index contributed by atoms with van der Waals surface area (Å²) in [4.78, 5) is 27.0. The SMILES string of the molecule is CC1CCCCC1NC(=O)C1CC(=O)N(C2CCCCCC2)C1. The van der Waals surface area contributed by atoms with Crippen LogP contribution in [0.4, 0.5) is 0 Å². The van der Waals surface area contributed by atoms with Gasteiger partial charge in [0.15, 0.2) is 0 Å². The molecule has 1 heterocycles. The fourth-order valence-electron chi connectivity index (χ4n) is 4.66. The van der Waals surface area contributed by atoms with Gasteiger partial charge in [-0.15, -0.1) is 0 Å². The molecular weight excluding hydrogens is 288 g/mol. The first-order valence-corrected chi connectivity index (χ1v) is 9.75. The van der Waals surface area contributed by atoms with Gasteiger partial charge >= 0.3 is 0 Å². The summed E-state index contributed by atoms with van der Waals surface area (Å²) < 4.78 is 0. The first kappa shape index (κ1) is 16.8. The van der Waals surface area contributed by atoms with Crippen molar-refractivity contribution in [2.75, 3.05) is 6.54 Å². The third kappa shape index (κ3) is 4.07. The number of amides is 2. The van der Waals surface area contributed by atoms with Gasteiger partial charge in [-0.25, -0.2) is 0 Å². The van der Waals surface area contributed by atoms with E-state index in [-0.39, 0.29) is 17.7 Å². The van der Waals surface area contributed by atoms with Gasteiger partial charge in [-0.05, 0) is 31.6 Å².